The van der Waals surface area contributed by atoms with Crippen LogP contribution in [-0.4, -0.2) is 10.9 Å². The predicted molar refractivity (Wildman–Crippen MR) is 71.9 cm³/mol. The number of thioether (sulfide) groups is 1. The van der Waals surface area contributed by atoms with E-state index in [1.165, 1.54) is 0 Å². The lowest BCUT2D eigenvalue weighted by atomic mass is 10.1. The van der Waals surface area contributed by atoms with E-state index >= 15 is 0 Å². The smallest absolute Gasteiger partial charge is 0.265 e. The third-order valence-electron chi connectivity index (χ3n) is 2.37. The summed E-state index contributed by atoms with van der Waals surface area (Å²) in [4.78, 5) is 15.5. The Morgan fingerprint density at radius 2 is 2.00 bits per heavy atom. The Labute approximate surface area is 110 Å². The Morgan fingerprint density at radius 1 is 1.22 bits per heavy atom. The van der Waals surface area contributed by atoms with Crippen molar-refractivity contribution in [3.8, 4) is 0 Å². The fourth-order valence-electron chi connectivity index (χ4n) is 1.43. The number of nitrogen functional groups attached to an aromatic ring is 1. The summed E-state index contributed by atoms with van der Waals surface area (Å²) in [7, 11) is 0. The minimum atomic E-state index is -0.279. The lowest BCUT2D eigenvalue weighted by molar-refractivity contribution is 0.0953. The van der Waals surface area contributed by atoms with E-state index in [1.807, 2.05) is 30.3 Å². The molecule has 1 heterocycles. The number of carbonyl (C=O) groups is 1. The summed E-state index contributed by atoms with van der Waals surface area (Å²) in [5.74, 6) is 5.61. The van der Waals surface area contributed by atoms with Crippen molar-refractivity contribution >= 4 is 17.7 Å². The highest BCUT2D eigenvalue weighted by Crippen LogP contribution is 2.20. The molecule has 0 fully saturated rings. The molecule has 1 aromatic carbocycles. The first kappa shape index (κ1) is 12.6. The van der Waals surface area contributed by atoms with Gasteiger partial charge in [-0.3, -0.25) is 10.2 Å². The molecule has 1 amide bonds. The van der Waals surface area contributed by atoms with Gasteiger partial charge in [0.2, 0.25) is 0 Å². The molecule has 4 nitrogen and oxygen atoms in total. The Hall–Kier alpha value is -1.85. The van der Waals surface area contributed by atoms with Gasteiger partial charge in [0.15, 0.2) is 0 Å². The van der Waals surface area contributed by atoms with E-state index < -0.39 is 0 Å². The van der Waals surface area contributed by atoms with Crippen molar-refractivity contribution in [2.75, 3.05) is 0 Å². The molecule has 0 atom stereocenters. The van der Waals surface area contributed by atoms with Crippen LogP contribution in [0.1, 0.15) is 15.9 Å². The molecule has 0 aliphatic heterocycles. The number of nitrogens with two attached hydrogens (primary N) is 1. The van der Waals surface area contributed by atoms with Gasteiger partial charge in [0.1, 0.15) is 0 Å². The van der Waals surface area contributed by atoms with Crippen molar-refractivity contribution in [2.24, 2.45) is 5.84 Å². The standard InChI is InChI=1S/C13H13N3OS/c14-16-13(17)11-6-4-10(5-7-11)9-18-12-3-1-2-8-15-12/h1-8H,9,14H2,(H,16,17). The van der Waals surface area contributed by atoms with E-state index in [0.717, 1.165) is 16.3 Å². The summed E-state index contributed by atoms with van der Waals surface area (Å²) in [6, 6.07) is 13.2. The Balaban J connectivity index is 1.97. The minimum absolute atomic E-state index is 0.279. The SMILES string of the molecule is NNC(=O)c1ccc(CSc2ccccn2)cc1. The van der Waals surface area contributed by atoms with E-state index in [9.17, 15) is 4.79 Å². The van der Waals surface area contributed by atoms with Gasteiger partial charge in [-0.2, -0.15) is 0 Å². The van der Waals surface area contributed by atoms with Gasteiger partial charge in [0.25, 0.3) is 5.91 Å². The number of hydrogen-bond acceptors (Lipinski definition) is 4. The van der Waals surface area contributed by atoms with E-state index in [-0.39, 0.29) is 5.91 Å². The highest BCUT2D eigenvalue weighted by molar-refractivity contribution is 7.98. The lowest BCUT2D eigenvalue weighted by Gasteiger charge is -2.03. The maximum absolute atomic E-state index is 11.3. The van der Waals surface area contributed by atoms with Gasteiger partial charge in [0.05, 0.1) is 5.03 Å². The third kappa shape index (κ3) is 3.32. The fourth-order valence-corrected chi connectivity index (χ4v) is 2.24. The van der Waals surface area contributed by atoms with E-state index in [4.69, 9.17) is 5.84 Å². The highest BCUT2D eigenvalue weighted by atomic mass is 32.2. The average Bonchev–Trinajstić information content (AvgIpc) is 2.46. The molecule has 92 valence electrons. The molecule has 5 heteroatoms. The van der Waals surface area contributed by atoms with Crippen LogP contribution in [0.5, 0.6) is 0 Å². The van der Waals surface area contributed by atoms with Gasteiger partial charge >= 0.3 is 0 Å². The summed E-state index contributed by atoms with van der Waals surface area (Å²) < 4.78 is 0. The molecule has 1 aromatic heterocycles. The summed E-state index contributed by atoms with van der Waals surface area (Å²) >= 11 is 1.66. The van der Waals surface area contributed by atoms with Gasteiger partial charge in [-0.15, -0.1) is 11.8 Å². The second-order valence-corrected chi connectivity index (χ2v) is 4.62. The fraction of sp³-hybridized carbons (Fsp3) is 0.0769. The number of pyridine rings is 1. The quantitative estimate of drug-likeness (QED) is 0.381. The second kappa shape index (κ2) is 6.18. The van der Waals surface area contributed by atoms with E-state index in [2.05, 4.69) is 10.4 Å². The first-order chi connectivity index (χ1) is 8.79. The number of hydrazine groups is 1. The van der Waals surface area contributed by atoms with Crippen LogP contribution < -0.4 is 11.3 Å². The molecule has 2 rings (SSSR count). The molecule has 0 unspecified atom stereocenters. The maximum atomic E-state index is 11.3. The van der Waals surface area contributed by atoms with Crippen molar-refractivity contribution < 1.29 is 4.79 Å². The van der Waals surface area contributed by atoms with Gasteiger partial charge in [0, 0.05) is 17.5 Å². The van der Waals surface area contributed by atoms with Gasteiger partial charge < -0.3 is 0 Å². The topological polar surface area (TPSA) is 68.0 Å². The number of aromatic nitrogens is 1. The molecular formula is C13H13N3OS. The Bertz CT molecular complexity index is 514. The van der Waals surface area contributed by atoms with Crippen LogP contribution >= 0.6 is 11.8 Å². The van der Waals surface area contributed by atoms with Crippen molar-refractivity contribution in [3.05, 3.63) is 59.8 Å². The monoisotopic (exact) mass is 259 g/mol. The molecule has 0 spiro atoms. The maximum Gasteiger partial charge on any atom is 0.265 e. The number of nitrogens with one attached hydrogen (secondary N) is 1. The zero-order valence-electron chi connectivity index (χ0n) is 9.67. The third-order valence-corrected chi connectivity index (χ3v) is 3.39. The van der Waals surface area contributed by atoms with Crippen LogP contribution in [0.15, 0.2) is 53.7 Å². The zero-order chi connectivity index (χ0) is 12.8. The highest BCUT2D eigenvalue weighted by Gasteiger charge is 2.03. The van der Waals surface area contributed by atoms with E-state index in [1.54, 1.807) is 30.1 Å². The molecule has 0 radical (unpaired) electrons. The molecule has 0 saturated carbocycles. The van der Waals surface area contributed by atoms with Gasteiger partial charge in [-0.05, 0) is 29.8 Å². The number of benzene rings is 1. The largest absolute Gasteiger partial charge is 0.290 e. The second-order valence-electron chi connectivity index (χ2n) is 3.63. The van der Waals surface area contributed by atoms with E-state index in [0.29, 0.717) is 5.56 Å². The predicted octanol–water partition coefficient (Wildman–Crippen LogP) is 1.98. The summed E-state index contributed by atoms with van der Waals surface area (Å²) in [5.41, 5.74) is 3.80. The normalized spacial score (nSPS) is 10.1. The molecular weight excluding hydrogens is 246 g/mol. The lowest BCUT2D eigenvalue weighted by Crippen LogP contribution is -2.29. The molecule has 0 saturated heterocycles. The van der Waals surface area contributed by atoms with Crippen molar-refractivity contribution in [1.82, 2.24) is 10.4 Å². The number of amides is 1. The summed E-state index contributed by atoms with van der Waals surface area (Å²) in [6.45, 7) is 0. The van der Waals surface area contributed by atoms with Crippen LogP contribution in [0, 0.1) is 0 Å². The molecule has 18 heavy (non-hydrogen) atoms. The number of hydrogen-bond donors (Lipinski definition) is 2. The summed E-state index contributed by atoms with van der Waals surface area (Å²) in [5, 5.41) is 0.987. The van der Waals surface area contributed by atoms with Crippen LogP contribution in [0.2, 0.25) is 0 Å². The van der Waals surface area contributed by atoms with Crippen molar-refractivity contribution in [1.29, 1.82) is 0 Å². The van der Waals surface area contributed by atoms with Gasteiger partial charge in [-0.25, -0.2) is 10.8 Å². The first-order valence-corrected chi connectivity index (χ1v) is 6.42. The van der Waals surface area contributed by atoms with Crippen LogP contribution in [0.4, 0.5) is 0 Å². The Morgan fingerprint density at radius 3 is 2.61 bits per heavy atom. The number of carbonyl (C=O) groups excluding carboxylic acids is 1. The number of rotatable bonds is 4. The van der Waals surface area contributed by atoms with Gasteiger partial charge in [-0.1, -0.05) is 18.2 Å². The first-order valence-electron chi connectivity index (χ1n) is 5.43. The minimum Gasteiger partial charge on any atom is -0.290 e. The molecule has 0 aliphatic rings. The van der Waals surface area contributed by atoms with Crippen molar-refractivity contribution in [3.63, 3.8) is 0 Å². The molecule has 3 N–H and O–H groups in total. The van der Waals surface area contributed by atoms with Crippen LogP contribution in [0.25, 0.3) is 0 Å². The molecule has 2 aromatic rings. The molecule has 0 aliphatic carbocycles. The average molecular weight is 259 g/mol. The summed E-state index contributed by atoms with van der Waals surface area (Å²) in [6.07, 6.45) is 1.77. The zero-order valence-corrected chi connectivity index (χ0v) is 10.5. The van der Waals surface area contributed by atoms with Crippen LogP contribution in [-0.2, 0) is 5.75 Å². The Kier molecular flexibility index (Phi) is 4.33. The van der Waals surface area contributed by atoms with Crippen LogP contribution in [0.3, 0.4) is 0 Å². The van der Waals surface area contributed by atoms with Crippen molar-refractivity contribution in [2.45, 2.75) is 10.8 Å². The number of nitrogens with zero attached hydrogens (tertiary/aromatic N) is 1. The molecule has 0 bridgehead atoms.